The molecule has 2 aliphatic heterocycles. The molecule has 2 N–H and O–H groups in total. The average Bonchev–Trinajstić information content (AvgIpc) is 3.18. The molecule has 1 aromatic heterocycles. The number of guanidine groups is 1. The van der Waals surface area contributed by atoms with E-state index < -0.39 is 0 Å². The number of nitrogens with one attached hydrogen (secondary N) is 2. The van der Waals surface area contributed by atoms with Crippen molar-refractivity contribution in [3.63, 3.8) is 0 Å². The van der Waals surface area contributed by atoms with Gasteiger partial charge in [-0.05, 0) is 51.4 Å². The van der Waals surface area contributed by atoms with Crippen molar-refractivity contribution in [1.29, 1.82) is 0 Å². The van der Waals surface area contributed by atoms with Crippen LogP contribution in [0.3, 0.4) is 0 Å². The number of thiophene rings is 1. The van der Waals surface area contributed by atoms with Crippen LogP contribution in [0, 0.1) is 0 Å². The standard InChI is InChI=1S/C19H34N6S/c1-4-20-19(21-14-17-15-23(2)11-12-24(17)3)22-16-7-9-25(10-8-16)18-6-5-13-26-18/h5-6,13,16-17H,4,7-12,14-15H2,1-3H3,(H2,20,21,22). The molecule has 0 radical (unpaired) electrons. The van der Waals surface area contributed by atoms with Crippen molar-refractivity contribution in [3.05, 3.63) is 17.5 Å². The molecule has 7 heteroatoms. The third-order valence-electron chi connectivity index (χ3n) is 5.44. The predicted octanol–water partition coefficient (Wildman–Crippen LogP) is 1.52. The molecule has 1 unspecified atom stereocenters. The topological polar surface area (TPSA) is 46.1 Å². The molecule has 0 bridgehead atoms. The van der Waals surface area contributed by atoms with E-state index >= 15 is 0 Å². The maximum Gasteiger partial charge on any atom is 0.191 e. The zero-order valence-corrected chi connectivity index (χ0v) is 17.3. The summed E-state index contributed by atoms with van der Waals surface area (Å²) in [6, 6.07) is 5.38. The fourth-order valence-electron chi connectivity index (χ4n) is 3.70. The van der Waals surface area contributed by atoms with E-state index in [-0.39, 0.29) is 0 Å². The van der Waals surface area contributed by atoms with E-state index in [1.54, 1.807) is 0 Å². The van der Waals surface area contributed by atoms with Gasteiger partial charge in [0.15, 0.2) is 5.96 Å². The first-order chi connectivity index (χ1) is 12.7. The summed E-state index contributed by atoms with van der Waals surface area (Å²) in [4.78, 5) is 12.2. The molecule has 0 aromatic carbocycles. The van der Waals surface area contributed by atoms with Gasteiger partial charge in [0.05, 0.1) is 11.5 Å². The van der Waals surface area contributed by atoms with E-state index in [2.05, 4.69) is 63.9 Å². The van der Waals surface area contributed by atoms with Crippen molar-refractivity contribution in [2.45, 2.75) is 31.8 Å². The SMILES string of the molecule is CCNC(=NCC1CN(C)CCN1C)NC1CCN(c2cccs2)CC1. The van der Waals surface area contributed by atoms with Gasteiger partial charge in [-0.1, -0.05) is 0 Å². The van der Waals surface area contributed by atoms with Crippen molar-refractivity contribution in [1.82, 2.24) is 20.4 Å². The Morgan fingerprint density at radius 1 is 1.23 bits per heavy atom. The molecule has 1 aromatic rings. The molecule has 3 rings (SSSR count). The van der Waals surface area contributed by atoms with E-state index in [0.29, 0.717) is 12.1 Å². The lowest BCUT2D eigenvalue weighted by Gasteiger charge is -2.37. The molecule has 0 spiro atoms. The second-order valence-corrected chi connectivity index (χ2v) is 8.40. The first-order valence-corrected chi connectivity index (χ1v) is 10.8. The Labute approximate surface area is 162 Å². The molecule has 2 saturated heterocycles. The third kappa shape index (κ3) is 5.34. The van der Waals surface area contributed by atoms with Crippen LogP contribution in [0.1, 0.15) is 19.8 Å². The van der Waals surface area contributed by atoms with Gasteiger partial charge in [0.25, 0.3) is 0 Å². The molecule has 1 atom stereocenters. The summed E-state index contributed by atoms with van der Waals surface area (Å²) in [7, 11) is 4.42. The second-order valence-electron chi connectivity index (χ2n) is 7.47. The van der Waals surface area contributed by atoms with Crippen molar-refractivity contribution in [2.24, 2.45) is 4.99 Å². The number of piperazine rings is 1. The Morgan fingerprint density at radius 2 is 2.04 bits per heavy atom. The van der Waals surface area contributed by atoms with E-state index in [1.165, 1.54) is 5.00 Å². The lowest BCUT2D eigenvalue weighted by Crippen LogP contribution is -2.52. The van der Waals surface area contributed by atoms with Gasteiger partial charge >= 0.3 is 0 Å². The maximum atomic E-state index is 4.90. The minimum atomic E-state index is 0.505. The molecule has 146 valence electrons. The van der Waals surface area contributed by atoms with Crippen LogP contribution in [0.15, 0.2) is 22.5 Å². The third-order valence-corrected chi connectivity index (χ3v) is 6.37. The van der Waals surface area contributed by atoms with Gasteiger partial charge in [0, 0.05) is 51.4 Å². The molecule has 0 saturated carbocycles. The molecule has 3 heterocycles. The Morgan fingerprint density at radius 3 is 2.73 bits per heavy atom. The minimum Gasteiger partial charge on any atom is -0.363 e. The number of piperidine rings is 1. The summed E-state index contributed by atoms with van der Waals surface area (Å²) in [6.45, 7) is 9.50. The van der Waals surface area contributed by atoms with Gasteiger partial charge in [-0.15, -0.1) is 11.3 Å². The highest BCUT2D eigenvalue weighted by Crippen LogP contribution is 2.24. The molecule has 0 amide bonds. The zero-order valence-electron chi connectivity index (χ0n) is 16.4. The Bertz CT molecular complexity index is 552. The predicted molar refractivity (Wildman–Crippen MR) is 113 cm³/mol. The summed E-state index contributed by atoms with van der Waals surface area (Å²) in [5.41, 5.74) is 0. The van der Waals surface area contributed by atoms with Crippen molar-refractivity contribution < 1.29 is 0 Å². The number of nitrogens with zero attached hydrogens (tertiary/aromatic N) is 4. The molecule has 0 aliphatic carbocycles. The van der Waals surface area contributed by atoms with Crippen LogP contribution in [-0.2, 0) is 0 Å². The fourth-order valence-corrected chi connectivity index (χ4v) is 4.49. The second kappa shape index (κ2) is 9.58. The number of hydrogen-bond acceptors (Lipinski definition) is 5. The minimum absolute atomic E-state index is 0.505. The average molecular weight is 379 g/mol. The van der Waals surface area contributed by atoms with E-state index in [9.17, 15) is 0 Å². The first kappa shape index (κ1) is 19.5. The lowest BCUT2D eigenvalue weighted by molar-refractivity contribution is 0.119. The van der Waals surface area contributed by atoms with Gasteiger partial charge in [0.2, 0.25) is 0 Å². The van der Waals surface area contributed by atoms with Crippen molar-refractivity contribution >= 4 is 22.3 Å². The highest BCUT2D eigenvalue weighted by atomic mass is 32.1. The van der Waals surface area contributed by atoms with Crippen LogP contribution in [0.2, 0.25) is 0 Å². The Hall–Kier alpha value is -1.31. The van der Waals surface area contributed by atoms with E-state index in [1.807, 2.05) is 11.3 Å². The molecule has 2 aliphatic rings. The summed E-state index contributed by atoms with van der Waals surface area (Å²) in [5, 5.41) is 10.7. The van der Waals surface area contributed by atoms with Gasteiger partial charge in [-0.3, -0.25) is 9.89 Å². The Kier molecular flexibility index (Phi) is 7.16. The van der Waals surface area contributed by atoms with Crippen LogP contribution in [0.4, 0.5) is 5.00 Å². The van der Waals surface area contributed by atoms with Crippen molar-refractivity contribution in [2.75, 3.05) is 64.8 Å². The maximum absolute atomic E-state index is 4.90. The van der Waals surface area contributed by atoms with Gasteiger partial charge in [-0.25, -0.2) is 0 Å². The summed E-state index contributed by atoms with van der Waals surface area (Å²) < 4.78 is 0. The number of likely N-dealkylation sites (N-methyl/N-ethyl adjacent to an activating group) is 2. The van der Waals surface area contributed by atoms with Gasteiger partial charge in [-0.2, -0.15) is 0 Å². The highest BCUT2D eigenvalue weighted by Gasteiger charge is 2.23. The first-order valence-electron chi connectivity index (χ1n) is 9.87. The molecule has 2 fully saturated rings. The smallest absolute Gasteiger partial charge is 0.191 e. The number of rotatable bonds is 5. The normalized spacial score (nSPS) is 24.0. The summed E-state index contributed by atoms with van der Waals surface area (Å²) in [5.74, 6) is 0.976. The van der Waals surface area contributed by atoms with E-state index in [0.717, 1.165) is 64.6 Å². The van der Waals surface area contributed by atoms with Gasteiger partial charge in [0.1, 0.15) is 0 Å². The summed E-state index contributed by atoms with van der Waals surface area (Å²) in [6.07, 6.45) is 2.32. The molecule has 6 nitrogen and oxygen atoms in total. The molecular formula is C19H34N6S. The largest absolute Gasteiger partial charge is 0.363 e. The van der Waals surface area contributed by atoms with Gasteiger partial charge < -0.3 is 20.4 Å². The van der Waals surface area contributed by atoms with Crippen LogP contribution in [0.5, 0.6) is 0 Å². The van der Waals surface area contributed by atoms with Crippen molar-refractivity contribution in [3.8, 4) is 0 Å². The Balaban J connectivity index is 1.50. The summed E-state index contributed by atoms with van der Waals surface area (Å²) >= 11 is 1.84. The lowest BCUT2D eigenvalue weighted by atomic mass is 10.1. The number of aliphatic imine (C=N–C) groups is 1. The number of anilines is 1. The van der Waals surface area contributed by atoms with Crippen LogP contribution < -0.4 is 15.5 Å². The fraction of sp³-hybridized carbons (Fsp3) is 0.737. The quantitative estimate of drug-likeness (QED) is 0.601. The highest BCUT2D eigenvalue weighted by molar-refractivity contribution is 7.14. The molecule has 26 heavy (non-hydrogen) atoms. The number of hydrogen-bond donors (Lipinski definition) is 2. The zero-order chi connectivity index (χ0) is 18.4. The van der Waals surface area contributed by atoms with Crippen LogP contribution in [0.25, 0.3) is 0 Å². The monoisotopic (exact) mass is 378 g/mol. The van der Waals surface area contributed by atoms with E-state index in [4.69, 9.17) is 4.99 Å². The molecular weight excluding hydrogens is 344 g/mol. The van der Waals surface area contributed by atoms with Crippen LogP contribution >= 0.6 is 11.3 Å². The van der Waals surface area contributed by atoms with Crippen LogP contribution in [-0.4, -0.2) is 87.8 Å².